The number of hydrogen-bond acceptors (Lipinski definition) is 3. The van der Waals surface area contributed by atoms with Gasteiger partial charge in [-0.05, 0) is 6.26 Å². The van der Waals surface area contributed by atoms with Crippen molar-refractivity contribution in [2.45, 2.75) is 12.2 Å². The third kappa shape index (κ3) is 2.80. The molecule has 0 aliphatic rings. The van der Waals surface area contributed by atoms with E-state index in [0.717, 1.165) is 11.8 Å². The molecule has 11 heavy (non-hydrogen) atoms. The topological polar surface area (TPSA) is 74.6 Å². The molecular formula is C6H10O4S. The van der Waals surface area contributed by atoms with E-state index >= 15 is 0 Å². The van der Waals surface area contributed by atoms with E-state index in [1.54, 1.807) is 6.26 Å². The summed E-state index contributed by atoms with van der Waals surface area (Å²) < 4.78 is 0. The van der Waals surface area contributed by atoms with Crippen LogP contribution in [0.3, 0.4) is 0 Å². The largest absolute Gasteiger partial charge is 0.481 e. The fourth-order valence-electron chi connectivity index (χ4n) is 0.648. The molecule has 2 unspecified atom stereocenters. The van der Waals surface area contributed by atoms with Gasteiger partial charge in [0.1, 0.15) is 5.25 Å². The first-order valence-electron chi connectivity index (χ1n) is 2.99. The van der Waals surface area contributed by atoms with Gasteiger partial charge in [-0.15, -0.1) is 11.8 Å². The quantitative estimate of drug-likeness (QED) is 0.656. The van der Waals surface area contributed by atoms with Gasteiger partial charge in [0.25, 0.3) is 0 Å². The Kier molecular flexibility index (Phi) is 3.95. The van der Waals surface area contributed by atoms with Gasteiger partial charge in [0.05, 0.1) is 5.92 Å². The van der Waals surface area contributed by atoms with Crippen molar-refractivity contribution in [3.63, 3.8) is 0 Å². The van der Waals surface area contributed by atoms with Gasteiger partial charge in [0.15, 0.2) is 0 Å². The van der Waals surface area contributed by atoms with Crippen LogP contribution in [-0.4, -0.2) is 33.7 Å². The first-order valence-corrected chi connectivity index (χ1v) is 4.28. The molecule has 2 atom stereocenters. The molecule has 5 heteroatoms. The molecule has 0 radical (unpaired) electrons. The van der Waals surface area contributed by atoms with Crippen LogP contribution in [0.1, 0.15) is 6.92 Å². The zero-order valence-electron chi connectivity index (χ0n) is 6.27. The second kappa shape index (κ2) is 4.23. The summed E-state index contributed by atoms with van der Waals surface area (Å²) in [4.78, 5) is 20.7. The normalized spacial score (nSPS) is 15.5. The molecule has 0 aromatic rings. The summed E-state index contributed by atoms with van der Waals surface area (Å²) >= 11 is 1.03. The number of aliphatic carboxylic acids is 2. The maximum absolute atomic E-state index is 10.4. The highest BCUT2D eigenvalue weighted by Gasteiger charge is 2.28. The second-order valence-electron chi connectivity index (χ2n) is 2.12. The lowest BCUT2D eigenvalue weighted by molar-refractivity contribution is -0.146. The molecule has 0 fully saturated rings. The molecule has 0 aliphatic heterocycles. The van der Waals surface area contributed by atoms with Crippen LogP contribution in [0.25, 0.3) is 0 Å². The van der Waals surface area contributed by atoms with Crippen LogP contribution in [0.2, 0.25) is 0 Å². The smallest absolute Gasteiger partial charge is 0.317 e. The average Bonchev–Trinajstić information content (AvgIpc) is 1.88. The third-order valence-corrected chi connectivity index (χ3v) is 2.46. The van der Waals surface area contributed by atoms with Crippen LogP contribution in [0.4, 0.5) is 0 Å². The Hall–Kier alpha value is -0.710. The molecule has 0 aromatic carbocycles. The van der Waals surface area contributed by atoms with Crippen LogP contribution < -0.4 is 0 Å². The monoisotopic (exact) mass is 178 g/mol. The highest BCUT2D eigenvalue weighted by atomic mass is 32.2. The highest BCUT2D eigenvalue weighted by molar-refractivity contribution is 7.99. The lowest BCUT2D eigenvalue weighted by Gasteiger charge is -2.12. The van der Waals surface area contributed by atoms with Gasteiger partial charge in [0, 0.05) is 0 Å². The zero-order valence-corrected chi connectivity index (χ0v) is 7.09. The van der Waals surface area contributed by atoms with Crippen LogP contribution >= 0.6 is 11.8 Å². The SMILES string of the molecule is CSC(C(=O)O)C(C)C(=O)O. The number of thioether (sulfide) groups is 1. The minimum absolute atomic E-state index is 0.845. The summed E-state index contributed by atoms with van der Waals surface area (Å²) in [6, 6.07) is 0. The summed E-state index contributed by atoms with van der Waals surface area (Å²) in [7, 11) is 0. The Morgan fingerprint density at radius 2 is 1.73 bits per heavy atom. The van der Waals surface area contributed by atoms with Gasteiger partial charge in [0.2, 0.25) is 0 Å². The molecule has 0 aliphatic carbocycles. The Morgan fingerprint density at radius 3 is 1.82 bits per heavy atom. The second-order valence-corrected chi connectivity index (χ2v) is 3.10. The van der Waals surface area contributed by atoms with Crippen molar-refractivity contribution in [3.05, 3.63) is 0 Å². The predicted octanol–water partition coefficient (Wildman–Crippen LogP) is 0.523. The summed E-state index contributed by atoms with van der Waals surface area (Å²) in [5.74, 6) is -3.00. The number of carboxylic acid groups (broad SMARTS) is 2. The Bertz CT molecular complexity index is 168. The summed E-state index contributed by atoms with van der Waals surface area (Å²) in [6.45, 7) is 1.39. The molecule has 4 nitrogen and oxygen atoms in total. The molecule has 2 N–H and O–H groups in total. The van der Waals surface area contributed by atoms with Crippen LogP contribution in [0.5, 0.6) is 0 Å². The summed E-state index contributed by atoms with van der Waals surface area (Å²) in [5, 5.41) is 16.1. The predicted molar refractivity (Wildman–Crippen MR) is 41.7 cm³/mol. The van der Waals surface area contributed by atoms with E-state index in [1.165, 1.54) is 6.92 Å². The fraction of sp³-hybridized carbons (Fsp3) is 0.667. The highest BCUT2D eigenvalue weighted by Crippen LogP contribution is 2.17. The Labute approximate surface area is 68.6 Å². The minimum Gasteiger partial charge on any atom is -0.481 e. The van der Waals surface area contributed by atoms with Crippen LogP contribution in [-0.2, 0) is 9.59 Å². The number of carboxylic acids is 2. The molecule has 0 spiro atoms. The standard InChI is InChI=1S/C6H10O4S/c1-3(5(7)8)4(11-2)6(9)10/h3-4H,1-2H3,(H,7,8)(H,9,10). The zero-order chi connectivity index (χ0) is 9.02. The lowest BCUT2D eigenvalue weighted by atomic mass is 10.1. The van der Waals surface area contributed by atoms with Gasteiger partial charge in [-0.3, -0.25) is 9.59 Å². The lowest BCUT2D eigenvalue weighted by Crippen LogP contribution is -2.29. The van der Waals surface area contributed by atoms with E-state index in [4.69, 9.17) is 10.2 Å². The van der Waals surface area contributed by atoms with Crippen molar-refractivity contribution < 1.29 is 19.8 Å². The first-order chi connectivity index (χ1) is 5.00. The van der Waals surface area contributed by atoms with Gasteiger partial charge >= 0.3 is 11.9 Å². The minimum atomic E-state index is -1.08. The molecule has 0 saturated carbocycles. The molecule has 0 rings (SSSR count). The maximum atomic E-state index is 10.4. The van der Waals surface area contributed by atoms with Gasteiger partial charge in [-0.1, -0.05) is 6.92 Å². The molecular weight excluding hydrogens is 168 g/mol. The number of carbonyl (C=O) groups is 2. The number of hydrogen-bond donors (Lipinski definition) is 2. The molecule has 0 amide bonds. The molecule has 0 heterocycles. The van der Waals surface area contributed by atoms with E-state index in [1.807, 2.05) is 0 Å². The third-order valence-electron chi connectivity index (χ3n) is 1.34. The first kappa shape index (κ1) is 10.3. The molecule has 0 saturated heterocycles. The Morgan fingerprint density at radius 1 is 1.27 bits per heavy atom. The Balaban J connectivity index is 4.25. The van der Waals surface area contributed by atoms with E-state index < -0.39 is 23.1 Å². The molecule has 64 valence electrons. The van der Waals surface area contributed by atoms with Crippen molar-refractivity contribution in [2.75, 3.05) is 6.26 Å². The van der Waals surface area contributed by atoms with Crippen molar-refractivity contribution in [3.8, 4) is 0 Å². The average molecular weight is 178 g/mol. The van der Waals surface area contributed by atoms with Crippen LogP contribution in [0, 0.1) is 5.92 Å². The van der Waals surface area contributed by atoms with E-state index in [0.29, 0.717) is 0 Å². The maximum Gasteiger partial charge on any atom is 0.317 e. The fourth-order valence-corrected chi connectivity index (χ4v) is 1.37. The van der Waals surface area contributed by atoms with Gasteiger partial charge in [-0.25, -0.2) is 0 Å². The van der Waals surface area contributed by atoms with E-state index in [2.05, 4.69) is 0 Å². The van der Waals surface area contributed by atoms with Crippen molar-refractivity contribution in [1.29, 1.82) is 0 Å². The van der Waals surface area contributed by atoms with Crippen molar-refractivity contribution >= 4 is 23.7 Å². The van der Waals surface area contributed by atoms with Crippen molar-refractivity contribution in [2.24, 2.45) is 5.92 Å². The molecule has 0 bridgehead atoms. The van der Waals surface area contributed by atoms with E-state index in [9.17, 15) is 9.59 Å². The van der Waals surface area contributed by atoms with E-state index in [-0.39, 0.29) is 0 Å². The summed E-state index contributed by atoms with van der Waals surface area (Å²) in [6.07, 6.45) is 1.58. The van der Waals surface area contributed by atoms with Crippen molar-refractivity contribution in [1.82, 2.24) is 0 Å². The van der Waals surface area contributed by atoms with Gasteiger partial charge < -0.3 is 10.2 Å². The number of rotatable bonds is 4. The van der Waals surface area contributed by atoms with Crippen LogP contribution in [0.15, 0.2) is 0 Å². The van der Waals surface area contributed by atoms with Gasteiger partial charge in [-0.2, -0.15) is 0 Å². The molecule has 0 aromatic heterocycles. The summed E-state index contributed by atoms with van der Waals surface area (Å²) in [5.41, 5.74) is 0.